The Morgan fingerprint density at radius 1 is 1.11 bits per heavy atom. The molecular weight excluding hydrogens is 591 g/mol. The van der Waals surface area contributed by atoms with Crippen LogP contribution >= 0.6 is 11.3 Å². The van der Waals surface area contributed by atoms with Crippen molar-refractivity contribution < 1.29 is 23.4 Å². The molecule has 3 aromatic heterocycles. The zero-order valence-electron chi connectivity index (χ0n) is 25.5. The molecule has 1 fully saturated rings. The molecule has 236 valence electrons. The number of halogens is 1. The van der Waals surface area contributed by atoms with Gasteiger partial charge in [0.15, 0.2) is 0 Å². The number of aromatic nitrogens is 5. The van der Waals surface area contributed by atoms with E-state index < -0.39 is 28.7 Å². The summed E-state index contributed by atoms with van der Waals surface area (Å²) in [7, 11) is 3.06. The predicted octanol–water partition coefficient (Wildman–Crippen LogP) is 3.41. The fourth-order valence-corrected chi connectivity index (χ4v) is 6.91. The first kappa shape index (κ1) is 31.5. The SMILES string of the molecule is COCCCO[C@@H](Cn1c(=O)n(C(C)(C)C(=O)N2CCCC2)c(=O)c2c(C)c(-n3nccn3)sc21)c1cc(F)ccc1OC. The van der Waals surface area contributed by atoms with Gasteiger partial charge in [-0.2, -0.15) is 10.2 Å². The van der Waals surface area contributed by atoms with E-state index in [1.807, 2.05) is 0 Å². The molecule has 14 heteroatoms. The van der Waals surface area contributed by atoms with Gasteiger partial charge in [0.25, 0.3) is 5.56 Å². The van der Waals surface area contributed by atoms with Gasteiger partial charge in [-0.1, -0.05) is 11.3 Å². The number of likely N-dealkylation sites (tertiary alicyclic amines) is 1. The molecule has 4 heterocycles. The number of nitrogens with zero attached hydrogens (tertiary/aromatic N) is 6. The van der Waals surface area contributed by atoms with Crippen molar-refractivity contribution in [3.8, 4) is 10.8 Å². The number of fused-ring (bicyclic) bond motifs is 1. The third-order valence-corrected chi connectivity index (χ3v) is 9.24. The Morgan fingerprint density at radius 2 is 1.82 bits per heavy atom. The van der Waals surface area contributed by atoms with Crippen molar-refractivity contribution in [2.24, 2.45) is 0 Å². The molecule has 0 spiro atoms. The highest BCUT2D eigenvalue weighted by atomic mass is 32.1. The number of carbonyl (C=O) groups excluding carboxylic acids is 1. The zero-order chi connectivity index (χ0) is 31.6. The van der Waals surface area contributed by atoms with E-state index in [2.05, 4.69) is 10.2 Å². The molecule has 1 atom stereocenters. The Hall–Kier alpha value is -3.88. The number of hydrogen-bond donors (Lipinski definition) is 0. The molecule has 1 aromatic carbocycles. The summed E-state index contributed by atoms with van der Waals surface area (Å²) in [4.78, 5) is 45.9. The number of hydrogen-bond acceptors (Lipinski definition) is 9. The van der Waals surface area contributed by atoms with Crippen LogP contribution in [0.4, 0.5) is 4.39 Å². The summed E-state index contributed by atoms with van der Waals surface area (Å²) in [6, 6.07) is 4.11. The lowest BCUT2D eigenvalue weighted by Crippen LogP contribution is -2.56. The average Bonchev–Trinajstić information content (AvgIpc) is 3.78. The zero-order valence-corrected chi connectivity index (χ0v) is 26.4. The normalized spacial score (nSPS) is 14.5. The fourth-order valence-electron chi connectivity index (χ4n) is 5.70. The van der Waals surface area contributed by atoms with Crippen LogP contribution in [0.25, 0.3) is 15.2 Å². The van der Waals surface area contributed by atoms with Crippen molar-refractivity contribution in [1.29, 1.82) is 0 Å². The molecule has 0 bridgehead atoms. The van der Waals surface area contributed by atoms with Gasteiger partial charge in [-0.15, -0.1) is 4.80 Å². The number of aryl methyl sites for hydroxylation is 1. The third kappa shape index (κ3) is 5.81. The van der Waals surface area contributed by atoms with E-state index in [0.29, 0.717) is 52.8 Å². The highest BCUT2D eigenvalue weighted by Crippen LogP contribution is 2.34. The minimum atomic E-state index is -1.49. The topological polar surface area (TPSA) is 123 Å². The summed E-state index contributed by atoms with van der Waals surface area (Å²) >= 11 is 1.18. The first-order valence-electron chi connectivity index (χ1n) is 14.5. The Bertz CT molecular complexity index is 1760. The average molecular weight is 629 g/mol. The predicted molar refractivity (Wildman–Crippen MR) is 163 cm³/mol. The number of rotatable bonds is 12. The van der Waals surface area contributed by atoms with Crippen LogP contribution in [-0.4, -0.2) is 75.5 Å². The van der Waals surface area contributed by atoms with Gasteiger partial charge >= 0.3 is 5.69 Å². The van der Waals surface area contributed by atoms with Crippen LogP contribution in [0.5, 0.6) is 5.75 Å². The lowest BCUT2D eigenvalue weighted by atomic mass is 10.0. The molecule has 4 aromatic rings. The quantitative estimate of drug-likeness (QED) is 0.219. The molecule has 5 rings (SSSR count). The first-order valence-corrected chi connectivity index (χ1v) is 15.3. The monoisotopic (exact) mass is 628 g/mol. The van der Waals surface area contributed by atoms with Crippen LogP contribution in [0.3, 0.4) is 0 Å². The van der Waals surface area contributed by atoms with Crippen molar-refractivity contribution in [3.05, 3.63) is 68.4 Å². The van der Waals surface area contributed by atoms with E-state index in [1.165, 1.54) is 58.4 Å². The molecule has 0 radical (unpaired) electrons. The third-order valence-electron chi connectivity index (χ3n) is 7.96. The van der Waals surface area contributed by atoms with Crippen molar-refractivity contribution in [3.63, 3.8) is 0 Å². The fraction of sp³-hybridized carbons (Fsp3) is 0.500. The second-order valence-electron chi connectivity index (χ2n) is 11.2. The van der Waals surface area contributed by atoms with Crippen LogP contribution in [0.2, 0.25) is 0 Å². The van der Waals surface area contributed by atoms with Gasteiger partial charge in [0.1, 0.15) is 33.0 Å². The minimum Gasteiger partial charge on any atom is -0.496 e. The highest BCUT2D eigenvalue weighted by molar-refractivity contribution is 7.21. The molecule has 1 saturated heterocycles. The largest absolute Gasteiger partial charge is 0.496 e. The molecule has 0 aliphatic carbocycles. The lowest BCUT2D eigenvalue weighted by molar-refractivity contribution is -0.138. The van der Waals surface area contributed by atoms with Crippen molar-refractivity contribution in [2.45, 2.75) is 58.2 Å². The number of amides is 1. The Balaban J connectivity index is 1.74. The van der Waals surface area contributed by atoms with Gasteiger partial charge in [-0.25, -0.2) is 13.8 Å². The van der Waals surface area contributed by atoms with Crippen molar-refractivity contribution in [2.75, 3.05) is 40.5 Å². The van der Waals surface area contributed by atoms with Crippen LogP contribution in [0, 0.1) is 12.7 Å². The van der Waals surface area contributed by atoms with Gasteiger partial charge in [-0.3, -0.25) is 14.2 Å². The first-order chi connectivity index (χ1) is 21.1. The smallest absolute Gasteiger partial charge is 0.333 e. The van der Waals surface area contributed by atoms with Gasteiger partial charge < -0.3 is 19.1 Å². The summed E-state index contributed by atoms with van der Waals surface area (Å²) < 4.78 is 34.0. The maximum absolute atomic E-state index is 14.6. The van der Waals surface area contributed by atoms with Gasteiger partial charge in [0.2, 0.25) is 5.91 Å². The summed E-state index contributed by atoms with van der Waals surface area (Å²) in [5.74, 6) is -0.416. The van der Waals surface area contributed by atoms with E-state index in [0.717, 1.165) is 17.4 Å². The Kier molecular flexibility index (Phi) is 9.32. The molecule has 0 unspecified atom stereocenters. The molecule has 12 nitrogen and oxygen atoms in total. The van der Waals surface area contributed by atoms with E-state index in [1.54, 1.807) is 32.8 Å². The molecule has 1 amide bonds. The summed E-state index contributed by atoms with van der Waals surface area (Å²) in [5.41, 5.74) is -1.77. The second-order valence-corrected chi connectivity index (χ2v) is 12.2. The number of thiophene rings is 1. The second kappa shape index (κ2) is 13.0. The lowest BCUT2D eigenvalue weighted by Gasteiger charge is -2.31. The maximum atomic E-state index is 14.6. The van der Waals surface area contributed by atoms with E-state index in [9.17, 15) is 18.8 Å². The van der Waals surface area contributed by atoms with E-state index >= 15 is 0 Å². The minimum absolute atomic E-state index is 0.0949. The molecule has 0 saturated carbocycles. The summed E-state index contributed by atoms with van der Waals surface area (Å²) in [6.07, 6.45) is 4.47. The molecule has 1 aliphatic rings. The standard InChI is InChI=1S/C30H37FN6O6S/c1-19-24-25(38)36(30(2,3)28(39)34-13-6-7-14-34)29(40)35(27(24)44-26(19)37-32-11-12-33-37)18-23(43-16-8-15-41-4)21-17-20(31)9-10-22(21)42-5/h9-12,17,23H,6-8,13-16,18H2,1-5H3/t23-/m0/s1. The maximum Gasteiger partial charge on any atom is 0.333 e. The van der Waals surface area contributed by atoms with Crippen molar-refractivity contribution in [1.82, 2.24) is 29.0 Å². The van der Waals surface area contributed by atoms with Gasteiger partial charge in [0.05, 0.1) is 31.4 Å². The van der Waals surface area contributed by atoms with Crippen molar-refractivity contribution >= 4 is 27.5 Å². The highest BCUT2D eigenvalue weighted by Gasteiger charge is 2.39. The molecular formula is C30H37FN6O6S. The van der Waals surface area contributed by atoms with Gasteiger partial charge in [0, 0.05) is 44.5 Å². The summed E-state index contributed by atoms with van der Waals surface area (Å²) in [6.45, 7) is 6.69. The summed E-state index contributed by atoms with van der Waals surface area (Å²) in [5, 5.41) is 9.30. The number of carbonyl (C=O) groups is 1. The number of benzene rings is 1. The number of methoxy groups -OCH3 is 2. The van der Waals surface area contributed by atoms with Crippen LogP contribution in [0.15, 0.2) is 40.2 Å². The van der Waals surface area contributed by atoms with Crippen LogP contribution in [0.1, 0.15) is 50.3 Å². The van der Waals surface area contributed by atoms with Gasteiger partial charge in [-0.05, 0) is 58.2 Å². The van der Waals surface area contributed by atoms with E-state index in [4.69, 9.17) is 14.2 Å². The Labute approximate surface area is 257 Å². The Morgan fingerprint density at radius 3 is 2.48 bits per heavy atom. The molecule has 44 heavy (non-hydrogen) atoms. The van der Waals surface area contributed by atoms with Crippen LogP contribution < -0.4 is 16.0 Å². The molecule has 0 N–H and O–H groups in total. The molecule has 1 aliphatic heterocycles. The number of ether oxygens (including phenoxy) is 3. The van der Waals surface area contributed by atoms with E-state index in [-0.39, 0.29) is 24.4 Å². The van der Waals surface area contributed by atoms with Crippen LogP contribution in [-0.2, 0) is 26.4 Å².